The standard InChI is InChI=1S/C13H21N3O4S/c1-9(2)13-15-12(20-16-13)8-21(18,19)7-11(17)14-10-5-3-4-6-10/h9-10H,3-8H2,1-2H3,(H,14,17). The third-order valence-electron chi connectivity index (χ3n) is 3.41. The lowest BCUT2D eigenvalue weighted by Crippen LogP contribution is -2.37. The molecule has 1 aliphatic carbocycles. The number of nitrogens with one attached hydrogen (secondary N) is 1. The number of hydrogen-bond acceptors (Lipinski definition) is 6. The van der Waals surface area contributed by atoms with Gasteiger partial charge in [-0.15, -0.1) is 0 Å². The first kappa shape index (κ1) is 15.9. The van der Waals surface area contributed by atoms with Crippen LogP contribution in [0.25, 0.3) is 0 Å². The number of hydrogen-bond donors (Lipinski definition) is 1. The summed E-state index contributed by atoms with van der Waals surface area (Å²) in [6, 6.07) is 0.114. The average Bonchev–Trinajstić information content (AvgIpc) is 2.98. The van der Waals surface area contributed by atoms with E-state index in [0.717, 1.165) is 25.7 Å². The van der Waals surface area contributed by atoms with Gasteiger partial charge in [0, 0.05) is 12.0 Å². The van der Waals surface area contributed by atoms with Crippen LogP contribution in [0.15, 0.2) is 4.52 Å². The molecule has 1 fully saturated rings. The van der Waals surface area contributed by atoms with E-state index in [2.05, 4.69) is 15.5 Å². The van der Waals surface area contributed by atoms with Crippen LogP contribution in [0.5, 0.6) is 0 Å². The van der Waals surface area contributed by atoms with Gasteiger partial charge in [-0.05, 0) is 12.8 Å². The Kier molecular flexibility index (Phi) is 4.97. The van der Waals surface area contributed by atoms with Crippen molar-refractivity contribution in [1.82, 2.24) is 15.5 Å². The summed E-state index contributed by atoms with van der Waals surface area (Å²) >= 11 is 0. The molecule has 1 aromatic rings. The van der Waals surface area contributed by atoms with Crippen LogP contribution in [-0.2, 0) is 20.4 Å². The molecule has 0 aliphatic heterocycles. The van der Waals surface area contributed by atoms with E-state index in [4.69, 9.17) is 4.52 Å². The maximum atomic E-state index is 12.0. The predicted octanol–water partition coefficient (Wildman–Crippen LogP) is 1.17. The van der Waals surface area contributed by atoms with Crippen LogP contribution in [0.4, 0.5) is 0 Å². The number of carbonyl (C=O) groups excluding carboxylic acids is 1. The van der Waals surface area contributed by atoms with E-state index in [1.165, 1.54) is 0 Å². The molecule has 1 saturated carbocycles. The zero-order chi connectivity index (χ0) is 15.5. The number of carbonyl (C=O) groups is 1. The van der Waals surface area contributed by atoms with Crippen molar-refractivity contribution in [2.24, 2.45) is 0 Å². The zero-order valence-electron chi connectivity index (χ0n) is 12.3. The van der Waals surface area contributed by atoms with Crippen molar-refractivity contribution in [3.63, 3.8) is 0 Å². The van der Waals surface area contributed by atoms with E-state index in [1.54, 1.807) is 0 Å². The molecule has 0 unspecified atom stereocenters. The normalized spacial score (nSPS) is 16.5. The van der Waals surface area contributed by atoms with Crippen LogP contribution in [0, 0.1) is 0 Å². The second kappa shape index (κ2) is 6.55. The highest BCUT2D eigenvalue weighted by Crippen LogP contribution is 2.17. The molecular formula is C13H21N3O4S. The van der Waals surface area contributed by atoms with Gasteiger partial charge in [-0.25, -0.2) is 8.42 Å². The Morgan fingerprint density at radius 3 is 2.62 bits per heavy atom. The SMILES string of the molecule is CC(C)c1noc(CS(=O)(=O)CC(=O)NC2CCCC2)n1. The lowest BCUT2D eigenvalue weighted by Gasteiger charge is -2.11. The van der Waals surface area contributed by atoms with E-state index in [1.807, 2.05) is 13.8 Å². The largest absolute Gasteiger partial charge is 0.352 e. The van der Waals surface area contributed by atoms with Crippen LogP contribution in [0.2, 0.25) is 0 Å². The first-order valence-corrected chi connectivity index (χ1v) is 9.00. The second-order valence-corrected chi connectivity index (χ2v) is 7.85. The van der Waals surface area contributed by atoms with Crippen LogP contribution in [0.3, 0.4) is 0 Å². The summed E-state index contributed by atoms with van der Waals surface area (Å²) in [4.78, 5) is 15.8. The molecule has 118 valence electrons. The lowest BCUT2D eigenvalue weighted by atomic mass is 10.2. The van der Waals surface area contributed by atoms with Gasteiger partial charge < -0.3 is 9.84 Å². The molecule has 0 radical (unpaired) electrons. The summed E-state index contributed by atoms with van der Waals surface area (Å²) in [5.41, 5.74) is 0. The third kappa shape index (κ3) is 4.80. The first-order chi connectivity index (χ1) is 9.85. The van der Waals surface area contributed by atoms with Crippen LogP contribution < -0.4 is 5.32 Å². The number of nitrogens with zero attached hydrogens (tertiary/aromatic N) is 2. The third-order valence-corrected chi connectivity index (χ3v) is 4.80. The van der Waals surface area contributed by atoms with Crippen molar-refractivity contribution in [2.75, 3.05) is 5.75 Å². The van der Waals surface area contributed by atoms with Crippen LogP contribution >= 0.6 is 0 Å². The molecule has 0 aromatic carbocycles. The van der Waals surface area contributed by atoms with Crippen molar-refractivity contribution >= 4 is 15.7 Å². The summed E-state index contributed by atoms with van der Waals surface area (Å²) in [6.45, 7) is 3.77. The predicted molar refractivity (Wildman–Crippen MR) is 76.3 cm³/mol. The highest BCUT2D eigenvalue weighted by atomic mass is 32.2. The number of sulfone groups is 1. The van der Waals surface area contributed by atoms with Crippen LogP contribution in [-0.4, -0.2) is 36.3 Å². The molecule has 0 saturated heterocycles. The molecule has 1 amide bonds. The monoisotopic (exact) mass is 315 g/mol. The molecular weight excluding hydrogens is 294 g/mol. The van der Waals surface area contributed by atoms with Gasteiger partial charge in [0.25, 0.3) is 0 Å². The Balaban J connectivity index is 1.89. The van der Waals surface area contributed by atoms with E-state index in [0.29, 0.717) is 5.82 Å². The molecule has 0 atom stereocenters. The number of aromatic nitrogens is 2. The average molecular weight is 315 g/mol. The van der Waals surface area contributed by atoms with E-state index in [9.17, 15) is 13.2 Å². The summed E-state index contributed by atoms with van der Waals surface area (Å²) in [5.74, 6) is -0.822. The van der Waals surface area contributed by atoms with E-state index in [-0.39, 0.29) is 17.9 Å². The molecule has 8 heteroatoms. The fourth-order valence-corrected chi connectivity index (χ4v) is 3.42. The second-order valence-electron chi connectivity index (χ2n) is 5.78. The van der Waals surface area contributed by atoms with Crippen molar-refractivity contribution < 1.29 is 17.7 Å². The van der Waals surface area contributed by atoms with Gasteiger partial charge in [0.1, 0.15) is 11.5 Å². The lowest BCUT2D eigenvalue weighted by molar-refractivity contribution is -0.119. The van der Waals surface area contributed by atoms with Crippen LogP contribution in [0.1, 0.15) is 57.2 Å². The maximum absolute atomic E-state index is 12.0. The minimum absolute atomic E-state index is 0.0346. The number of rotatable bonds is 6. The minimum atomic E-state index is -3.60. The molecule has 21 heavy (non-hydrogen) atoms. The molecule has 0 spiro atoms. The maximum Gasteiger partial charge on any atom is 0.241 e. The topological polar surface area (TPSA) is 102 Å². The van der Waals surface area contributed by atoms with Gasteiger partial charge >= 0.3 is 0 Å². The quantitative estimate of drug-likeness (QED) is 0.845. The van der Waals surface area contributed by atoms with Gasteiger partial charge in [-0.3, -0.25) is 4.79 Å². The Bertz CT molecular complexity index is 588. The van der Waals surface area contributed by atoms with Gasteiger partial charge in [0.2, 0.25) is 11.8 Å². The first-order valence-electron chi connectivity index (χ1n) is 7.18. The molecule has 2 rings (SSSR count). The molecule has 1 aliphatic rings. The summed E-state index contributed by atoms with van der Waals surface area (Å²) < 4.78 is 28.9. The van der Waals surface area contributed by atoms with Crippen molar-refractivity contribution in [3.05, 3.63) is 11.7 Å². The Hall–Kier alpha value is -1.44. The fraction of sp³-hybridized carbons (Fsp3) is 0.769. The summed E-state index contributed by atoms with van der Waals surface area (Å²) in [7, 11) is -3.60. The molecule has 0 bridgehead atoms. The van der Waals surface area contributed by atoms with Gasteiger partial charge in [0.05, 0.1) is 0 Å². The van der Waals surface area contributed by atoms with Crippen molar-refractivity contribution in [1.29, 1.82) is 0 Å². The van der Waals surface area contributed by atoms with Crippen molar-refractivity contribution in [3.8, 4) is 0 Å². The van der Waals surface area contributed by atoms with E-state index < -0.39 is 27.3 Å². The number of amides is 1. The molecule has 1 heterocycles. The van der Waals surface area contributed by atoms with Gasteiger partial charge in [-0.2, -0.15) is 4.98 Å². The minimum Gasteiger partial charge on any atom is -0.352 e. The highest BCUT2D eigenvalue weighted by molar-refractivity contribution is 7.91. The van der Waals surface area contributed by atoms with Crippen molar-refractivity contribution in [2.45, 2.75) is 57.2 Å². The summed E-state index contributed by atoms with van der Waals surface area (Å²) in [6.07, 6.45) is 4.01. The summed E-state index contributed by atoms with van der Waals surface area (Å²) in [5, 5.41) is 6.47. The molecule has 1 aromatic heterocycles. The smallest absolute Gasteiger partial charge is 0.241 e. The Morgan fingerprint density at radius 1 is 1.38 bits per heavy atom. The van der Waals surface area contributed by atoms with Gasteiger partial charge in [-0.1, -0.05) is 31.8 Å². The Morgan fingerprint density at radius 2 is 2.05 bits per heavy atom. The van der Waals surface area contributed by atoms with Gasteiger partial charge in [0.15, 0.2) is 15.7 Å². The highest BCUT2D eigenvalue weighted by Gasteiger charge is 2.24. The Labute approximate surface area is 124 Å². The van der Waals surface area contributed by atoms with E-state index >= 15 is 0 Å². The zero-order valence-corrected chi connectivity index (χ0v) is 13.1. The molecule has 1 N–H and O–H groups in total. The molecule has 7 nitrogen and oxygen atoms in total. The fourth-order valence-electron chi connectivity index (χ4n) is 2.34.